The Morgan fingerprint density at radius 1 is 1.40 bits per heavy atom. The lowest BCUT2D eigenvalue weighted by atomic mass is 10.1. The summed E-state index contributed by atoms with van der Waals surface area (Å²) in [5.74, 6) is 0. The van der Waals surface area contributed by atoms with Gasteiger partial charge < -0.3 is 4.90 Å². The second-order valence-electron chi connectivity index (χ2n) is 2.95. The standard InChI is InChI=1S/C9H18N/c1-6-9(10(4)5)7-8(2)3/h2,6-7H2,1,3-5H3. The molecule has 0 saturated carbocycles. The Bertz CT molecular complexity index is 105. The Morgan fingerprint density at radius 2 is 1.90 bits per heavy atom. The van der Waals surface area contributed by atoms with Crippen LogP contribution in [-0.2, 0) is 0 Å². The van der Waals surface area contributed by atoms with Gasteiger partial charge in [0.25, 0.3) is 0 Å². The van der Waals surface area contributed by atoms with Crippen LogP contribution in [0.2, 0.25) is 0 Å². The molecule has 0 amide bonds. The summed E-state index contributed by atoms with van der Waals surface area (Å²) in [5, 5.41) is 0. The largest absolute Gasteiger partial charge is 0.302 e. The van der Waals surface area contributed by atoms with Crippen LogP contribution in [0.25, 0.3) is 0 Å². The van der Waals surface area contributed by atoms with Gasteiger partial charge >= 0.3 is 0 Å². The van der Waals surface area contributed by atoms with Crippen LogP contribution < -0.4 is 0 Å². The van der Waals surface area contributed by atoms with E-state index < -0.39 is 0 Å². The average molecular weight is 140 g/mol. The molecule has 0 aliphatic heterocycles. The summed E-state index contributed by atoms with van der Waals surface area (Å²) in [6, 6.07) is 1.45. The van der Waals surface area contributed by atoms with E-state index in [0.29, 0.717) is 0 Å². The number of hydrogen-bond donors (Lipinski definition) is 0. The molecule has 0 aromatic carbocycles. The zero-order chi connectivity index (χ0) is 8.15. The molecule has 0 fully saturated rings. The van der Waals surface area contributed by atoms with Gasteiger partial charge in [-0.3, -0.25) is 0 Å². The van der Waals surface area contributed by atoms with Gasteiger partial charge in [-0.2, -0.15) is 0 Å². The summed E-state index contributed by atoms with van der Waals surface area (Å²) < 4.78 is 0. The van der Waals surface area contributed by atoms with E-state index in [1.165, 1.54) is 11.6 Å². The van der Waals surface area contributed by atoms with Gasteiger partial charge in [-0.1, -0.05) is 12.5 Å². The van der Waals surface area contributed by atoms with Crippen LogP contribution >= 0.6 is 0 Å². The third-order valence-corrected chi connectivity index (χ3v) is 1.55. The highest BCUT2D eigenvalue weighted by Gasteiger charge is 2.08. The molecule has 0 aromatic heterocycles. The molecule has 1 heteroatoms. The highest BCUT2D eigenvalue weighted by atomic mass is 15.1. The summed E-state index contributed by atoms with van der Waals surface area (Å²) in [7, 11) is 4.17. The molecule has 1 nitrogen and oxygen atoms in total. The first-order valence-corrected chi connectivity index (χ1v) is 3.74. The van der Waals surface area contributed by atoms with Crippen molar-refractivity contribution in [3.05, 3.63) is 18.2 Å². The predicted molar refractivity (Wildman–Crippen MR) is 46.7 cm³/mol. The van der Waals surface area contributed by atoms with E-state index in [2.05, 4.69) is 39.4 Å². The minimum Gasteiger partial charge on any atom is -0.302 e. The van der Waals surface area contributed by atoms with Crippen molar-refractivity contribution in [2.45, 2.75) is 26.7 Å². The Morgan fingerprint density at radius 3 is 2.00 bits per heavy atom. The lowest BCUT2D eigenvalue weighted by Crippen LogP contribution is -2.18. The molecule has 0 aliphatic rings. The maximum atomic E-state index is 3.88. The molecule has 0 atom stereocenters. The van der Waals surface area contributed by atoms with Gasteiger partial charge in [-0.15, -0.1) is 6.58 Å². The van der Waals surface area contributed by atoms with Crippen molar-refractivity contribution in [1.82, 2.24) is 4.90 Å². The first kappa shape index (κ1) is 9.70. The Balaban J connectivity index is 3.71. The summed E-state index contributed by atoms with van der Waals surface area (Å²) in [6.07, 6.45) is 2.17. The Hall–Kier alpha value is -0.300. The van der Waals surface area contributed by atoms with Crippen LogP contribution in [0.1, 0.15) is 26.7 Å². The van der Waals surface area contributed by atoms with Crippen molar-refractivity contribution < 1.29 is 0 Å². The monoisotopic (exact) mass is 140 g/mol. The molecule has 0 N–H and O–H groups in total. The van der Waals surface area contributed by atoms with Crippen LogP contribution in [0.5, 0.6) is 0 Å². The van der Waals surface area contributed by atoms with Crippen molar-refractivity contribution in [2.75, 3.05) is 14.1 Å². The zero-order valence-corrected chi connectivity index (χ0v) is 7.57. The van der Waals surface area contributed by atoms with Crippen LogP contribution in [0.15, 0.2) is 12.2 Å². The van der Waals surface area contributed by atoms with Crippen LogP contribution in [-0.4, -0.2) is 19.0 Å². The van der Waals surface area contributed by atoms with Gasteiger partial charge in [0, 0.05) is 6.04 Å². The van der Waals surface area contributed by atoms with Gasteiger partial charge in [0.15, 0.2) is 0 Å². The van der Waals surface area contributed by atoms with Crippen LogP contribution in [0.4, 0.5) is 0 Å². The minimum absolute atomic E-state index is 1.05. The first-order chi connectivity index (χ1) is 4.57. The molecule has 0 rings (SSSR count). The SMILES string of the molecule is C=C(C)C[C](CC)N(C)C. The molecule has 0 saturated heterocycles. The van der Waals surface area contributed by atoms with E-state index >= 15 is 0 Å². The lowest BCUT2D eigenvalue weighted by Gasteiger charge is -2.21. The van der Waals surface area contributed by atoms with Crippen molar-refractivity contribution in [3.63, 3.8) is 0 Å². The number of hydrogen-bond acceptors (Lipinski definition) is 1. The molecule has 0 spiro atoms. The van der Waals surface area contributed by atoms with E-state index in [1.807, 2.05) is 0 Å². The van der Waals surface area contributed by atoms with E-state index in [0.717, 1.165) is 12.8 Å². The Kier molecular flexibility index (Phi) is 4.37. The van der Waals surface area contributed by atoms with Gasteiger partial charge in [-0.25, -0.2) is 0 Å². The molecule has 0 heterocycles. The molecular formula is C9H18N. The third kappa shape index (κ3) is 3.67. The smallest absolute Gasteiger partial charge is 0.0424 e. The maximum absolute atomic E-state index is 3.88. The van der Waals surface area contributed by atoms with Crippen molar-refractivity contribution in [1.29, 1.82) is 0 Å². The summed E-state index contributed by atoms with van der Waals surface area (Å²) in [6.45, 7) is 8.13. The van der Waals surface area contributed by atoms with E-state index in [4.69, 9.17) is 0 Å². The van der Waals surface area contributed by atoms with Gasteiger partial charge in [-0.05, 0) is 33.9 Å². The normalized spacial score (nSPS) is 11.0. The highest BCUT2D eigenvalue weighted by molar-refractivity contribution is 5.01. The topological polar surface area (TPSA) is 3.24 Å². The molecule has 10 heavy (non-hydrogen) atoms. The van der Waals surface area contributed by atoms with Crippen LogP contribution in [0.3, 0.4) is 0 Å². The van der Waals surface area contributed by atoms with Crippen LogP contribution in [0, 0.1) is 6.04 Å². The van der Waals surface area contributed by atoms with Gasteiger partial charge in [0.1, 0.15) is 0 Å². The fourth-order valence-electron chi connectivity index (χ4n) is 0.948. The predicted octanol–water partition coefficient (Wildman–Crippen LogP) is 2.46. The van der Waals surface area contributed by atoms with Gasteiger partial charge in [0.2, 0.25) is 0 Å². The molecule has 59 valence electrons. The maximum Gasteiger partial charge on any atom is 0.0424 e. The highest BCUT2D eigenvalue weighted by Crippen LogP contribution is 2.17. The van der Waals surface area contributed by atoms with Gasteiger partial charge in [0.05, 0.1) is 0 Å². The average Bonchev–Trinajstić information content (AvgIpc) is 1.81. The first-order valence-electron chi connectivity index (χ1n) is 3.74. The van der Waals surface area contributed by atoms with E-state index in [9.17, 15) is 0 Å². The quantitative estimate of drug-likeness (QED) is 0.542. The number of rotatable bonds is 4. The lowest BCUT2D eigenvalue weighted by molar-refractivity contribution is 0.391. The summed E-state index contributed by atoms with van der Waals surface area (Å²) >= 11 is 0. The third-order valence-electron chi connectivity index (χ3n) is 1.55. The van der Waals surface area contributed by atoms with Crippen molar-refractivity contribution >= 4 is 0 Å². The number of nitrogens with zero attached hydrogens (tertiary/aromatic N) is 1. The molecule has 0 aliphatic carbocycles. The second kappa shape index (κ2) is 4.51. The fraction of sp³-hybridized carbons (Fsp3) is 0.667. The fourth-order valence-corrected chi connectivity index (χ4v) is 0.948. The van der Waals surface area contributed by atoms with E-state index in [1.54, 1.807) is 0 Å². The second-order valence-corrected chi connectivity index (χ2v) is 2.95. The summed E-state index contributed by atoms with van der Waals surface area (Å²) in [5.41, 5.74) is 1.24. The van der Waals surface area contributed by atoms with E-state index in [-0.39, 0.29) is 0 Å². The molecule has 0 bridgehead atoms. The molecule has 0 aromatic rings. The molecule has 1 radical (unpaired) electrons. The summed E-state index contributed by atoms with van der Waals surface area (Å²) in [4.78, 5) is 2.18. The molecule has 0 unspecified atom stereocenters. The van der Waals surface area contributed by atoms with Crippen molar-refractivity contribution in [2.24, 2.45) is 0 Å². The minimum atomic E-state index is 1.05. The Labute approximate surface area is 64.7 Å². The van der Waals surface area contributed by atoms with Crippen molar-refractivity contribution in [3.8, 4) is 0 Å². The molecular weight excluding hydrogens is 122 g/mol. The zero-order valence-electron chi connectivity index (χ0n) is 7.57.